The number of anilines is 1. The summed E-state index contributed by atoms with van der Waals surface area (Å²) in [5.74, 6) is -1.54. The van der Waals surface area contributed by atoms with Crippen molar-refractivity contribution in [3.63, 3.8) is 0 Å². The fourth-order valence-corrected chi connectivity index (χ4v) is 5.53. The van der Waals surface area contributed by atoms with Gasteiger partial charge in [0.15, 0.2) is 5.76 Å². The van der Waals surface area contributed by atoms with Gasteiger partial charge in [0.05, 0.1) is 22.2 Å². The number of Topliss-reactive ketones (excluding diaryl/α,β-unsaturated/α-hetero) is 1. The number of rotatable bonds is 5. The molecule has 1 N–H and O–H groups in total. The maximum Gasteiger partial charge on any atom is 0.294 e. The molecule has 0 spiro atoms. The molecule has 1 amide bonds. The molecule has 3 aromatic carbocycles. The predicted octanol–water partition coefficient (Wildman–Crippen LogP) is 6.66. The molecule has 1 aromatic heterocycles. The van der Waals surface area contributed by atoms with Gasteiger partial charge in [0, 0.05) is 15.7 Å². The van der Waals surface area contributed by atoms with Crippen LogP contribution in [0, 0.1) is 6.92 Å². The number of carbonyl (C=O) groups is 2. The lowest BCUT2D eigenvalue weighted by molar-refractivity contribution is -0.117. The number of aromatic nitrogens is 1. The van der Waals surface area contributed by atoms with Crippen molar-refractivity contribution >= 4 is 44.6 Å². The van der Waals surface area contributed by atoms with Gasteiger partial charge in [0.25, 0.3) is 5.91 Å². The average molecular weight is 531 g/mol. The summed E-state index contributed by atoms with van der Waals surface area (Å²) < 4.78 is 0.787. The molecule has 1 aliphatic heterocycles. The molecule has 1 aliphatic rings. The van der Waals surface area contributed by atoms with Gasteiger partial charge < -0.3 is 5.11 Å². The summed E-state index contributed by atoms with van der Waals surface area (Å²) in [4.78, 5) is 33.6. The highest BCUT2D eigenvalue weighted by Gasteiger charge is 2.45. The molecule has 0 saturated carbocycles. The van der Waals surface area contributed by atoms with E-state index in [-0.39, 0.29) is 5.57 Å². The number of ketones is 1. The topological polar surface area (TPSA) is 70.5 Å². The second kappa shape index (κ2) is 9.00. The maximum absolute atomic E-state index is 13.9. The molecule has 0 radical (unpaired) electrons. The van der Waals surface area contributed by atoms with Gasteiger partial charge in [-0.15, -0.1) is 11.3 Å². The SMILES string of the molecule is Cc1nc(-c2ccccc2)sc1C(=O)C1=C(O)C(=O)N(c2cccc(Br)c2)C1c1ccccc1. The van der Waals surface area contributed by atoms with Gasteiger partial charge in [0.1, 0.15) is 5.01 Å². The van der Waals surface area contributed by atoms with Crippen molar-refractivity contribution in [2.45, 2.75) is 13.0 Å². The van der Waals surface area contributed by atoms with Gasteiger partial charge >= 0.3 is 0 Å². The van der Waals surface area contributed by atoms with Crippen LogP contribution >= 0.6 is 27.3 Å². The van der Waals surface area contributed by atoms with E-state index in [2.05, 4.69) is 20.9 Å². The molecule has 4 aromatic rings. The maximum atomic E-state index is 13.9. The van der Waals surface area contributed by atoms with E-state index >= 15 is 0 Å². The van der Waals surface area contributed by atoms with Crippen LogP contribution in [0.1, 0.15) is 27.0 Å². The number of hydrogen-bond acceptors (Lipinski definition) is 5. The van der Waals surface area contributed by atoms with Crippen LogP contribution in [0.5, 0.6) is 0 Å². The van der Waals surface area contributed by atoms with Gasteiger partial charge in [-0.3, -0.25) is 14.5 Å². The first-order valence-electron chi connectivity index (χ1n) is 10.6. The van der Waals surface area contributed by atoms with Crippen LogP contribution in [0.2, 0.25) is 0 Å². The average Bonchev–Trinajstić information content (AvgIpc) is 3.37. The monoisotopic (exact) mass is 530 g/mol. The van der Waals surface area contributed by atoms with Crippen molar-refractivity contribution in [2.24, 2.45) is 0 Å². The smallest absolute Gasteiger partial charge is 0.294 e. The minimum atomic E-state index is -0.767. The predicted molar refractivity (Wildman–Crippen MR) is 137 cm³/mol. The van der Waals surface area contributed by atoms with Gasteiger partial charge in [-0.2, -0.15) is 0 Å². The first-order chi connectivity index (χ1) is 16.5. The second-order valence-corrected chi connectivity index (χ2v) is 9.77. The zero-order valence-electron chi connectivity index (χ0n) is 18.1. The van der Waals surface area contributed by atoms with Gasteiger partial charge in [-0.25, -0.2) is 4.98 Å². The Labute approximate surface area is 209 Å². The first-order valence-corrected chi connectivity index (χ1v) is 12.2. The number of benzene rings is 3. The number of aliphatic hydroxyl groups excluding tert-OH is 1. The Morgan fingerprint density at radius 2 is 1.68 bits per heavy atom. The lowest BCUT2D eigenvalue weighted by Crippen LogP contribution is -2.31. The van der Waals surface area contributed by atoms with Crippen LogP contribution in [0.15, 0.2) is 101 Å². The van der Waals surface area contributed by atoms with E-state index in [0.29, 0.717) is 21.3 Å². The van der Waals surface area contributed by atoms with Crippen molar-refractivity contribution in [1.82, 2.24) is 4.98 Å². The Hall–Kier alpha value is -3.55. The number of nitrogens with zero attached hydrogens (tertiary/aromatic N) is 2. The number of aryl methyl sites for hydroxylation is 1. The van der Waals surface area contributed by atoms with Crippen LogP contribution in [0.4, 0.5) is 5.69 Å². The molecule has 5 nitrogen and oxygen atoms in total. The Bertz CT molecular complexity index is 1430. The largest absolute Gasteiger partial charge is 0.503 e. The van der Waals surface area contributed by atoms with Crippen molar-refractivity contribution in [2.75, 3.05) is 4.90 Å². The normalized spacial score (nSPS) is 15.8. The van der Waals surface area contributed by atoms with E-state index in [9.17, 15) is 14.7 Å². The van der Waals surface area contributed by atoms with Gasteiger partial charge in [0.2, 0.25) is 5.78 Å². The summed E-state index contributed by atoms with van der Waals surface area (Å²) in [6, 6.07) is 25.4. The molecule has 34 heavy (non-hydrogen) atoms. The summed E-state index contributed by atoms with van der Waals surface area (Å²) in [5, 5.41) is 11.7. The summed E-state index contributed by atoms with van der Waals surface area (Å²) in [6.45, 7) is 1.77. The first kappa shape index (κ1) is 22.3. The number of hydrogen-bond donors (Lipinski definition) is 1. The molecule has 7 heteroatoms. The highest BCUT2D eigenvalue weighted by Crippen LogP contribution is 2.43. The van der Waals surface area contributed by atoms with E-state index in [4.69, 9.17) is 0 Å². The summed E-state index contributed by atoms with van der Waals surface area (Å²) in [5.41, 5.74) is 2.84. The number of halogens is 1. The molecule has 1 unspecified atom stereocenters. The van der Waals surface area contributed by atoms with Crippen molar-refractivity contribution in [3.05, 3.63) is 117 Å². The lowest BCUT2D eigenvalue weighted by atomic mass is 9.95. The van der Waals surface area contributed by atoms with Gasteiger partial charge in [-0.1, -0.05) is 82.7 Å². The van der Waals surface area contributed by atoms with E-state index in [0.717, 1.165) is 15.6 Å². The molecule has 5 rings (SSSR count). The summed E-state index contributed by atoms with van der Waals surface area (Å²) >= 11 is 4.71. The van der Waals surface area contributed by atoms with Crippen molar-refractivity contribution < 1.29 is 14.7 Å². The highest BCUT2D eigenvalue weighted by atomic mass is 79.9. The second-order valence-electron chi connectivity index (χ2n) is 7.86. The third-order valence-corrected chi connectivity index (χ3v) is 7.38. The molecule has 168 valence electrons. The number of carbonyl (C=O) groups excluding carboxylic acids is 2. The van der Waals surface area contributed by atoms with Crippen LogP contribution in [0.25, 0.3) is 10.6 Å². The molecular formula is C27H19BrN2O3S. The van der Waals surface area contributed by atoms with Crippen molar-refractivity contribution in [1.29, 1.82) is 0 Å². The highest BCUT2D eigenvalue weighted by molar-refractivity contribution is 9.10. The molecular weight excluding hydrogens is 512 g/mol. The van der Waals surface area contributed by atoms with Crippen LogP contribution in [0.3, 0.4) is 0 Å². The van der Waals surface area contributed by atoms with Crippen LogP contribution in [-0.4, -0.2) is 21.8 Å². The minimum Gasteiger partial charge on any atom is -0.503 e. The lowest BCUT2D eigenvalue weighted by Gasteiger charge is -2.27. The number of thiazole rings is 1. The summed E-state index contributed by atoms with van der Waals surface area (Å²) in [7, 11) is 0. The third kappa shape index (κ3) is 3.87. The Balaban J connectivity index is 1.63. The quantitative estimate of drug-likeness (QED) is 0.292. The zero-order valence-corrected chi connectivity index (χ0v) is 20.5. The van der Waals surface area contributed by atoms with E-state index in [1.165, 1.54) is 16.2 Å². The Morgan fingerprint density at radius 1 is 1.00 bits per heavy atom. The van der Waals surface area contributed by atoms with Crippen molar-refractivity contribution in [3.8, 4) is 10.6 Å². The van der Waals surface area contributed by atoms with Gasteiger partial charge in [-0.05, 0) is 30.7 Å². The standard InChI is InChI=1S/C27H19BrN2O3S/c1-16-25(34-26(29-16)18-11-6-3-7-12-18)23(31)21-22(17-9-4-2-5-10-17)30(27(33)24(21)32)20-14-8-13-19(28)15-20/h2-15,22,32H,1H3. The zero-order chi connectivity index (χ0) is 23.8. The molecule has 1 atom stereocenters. The fraction of sp³-hybridized carbons (Fsp3) is 0.0741. The molecule has 2 heterocycles. The number of amides is 1. The van der Waals surface area contributed by atoms with Crippen LogP contribution < -0.4 is 4.90 Å². The summed E-state index contributed by atoms with van der Waals surface area (Å²) in [6.07, 6.45) is 0. The third-order valence-electron chi connectivity index (χ3n) is 5.68. The fourth-order valence-electron chi connectivity index (χ4n) is 4.11. The van der Waals surface area contributed by atoms with E-state index < -0.39 is 23.5 Å². The molecule has 0 aliphatic carbocycles. The Kier molecular flexibility index (Phi) is 5.89. The molecule has 0 bridgehead atoms. The Morgan fingerprint density at radius 3 is 2.35 bits per heavy atom. The number of aliphatic hydroxyl groups is 1. The van der Waals surface area contributed by atoms with E-state index in [1.807, 2.05) is 72.8 Å². The van der Waals surface area contributed by atoms with Crippen LogP contribution in [-0.2, 0) is 4.79 Å². The van der Waals surface area contributed by atoms with E-state index in [1.54, 1.807) is 19.1 Å². The minimum absolute atomic E-state index is 0.0579. The molecule has 0 fully saturated rings. The molecule has 0 saturated heterocycles.